The van der Waals surface area contributed by atoms with Crippen LogP contribution >= 0.6 is 11.6 Å². The highest BCUT2D eigenvalue weighted by atomic mass is 35.5. The summed E-state index contributed by atoms with van der Waals surface area (Å²) in [7, 11) is 3.35. The number of rotatable bonds is 9. The largest absolute Gasteiger partial charge is 0.495 e. The third-order valence-electron chi connectivity index (χ3n) is 5.04. The molecule has 2 aromatic rings. The van der Waals surface area contributed by atoms with Crippen LogP contribution in [0.4, 0.5) is 11.6 Å². The number of aromatic nitrogens is 2. The lowest BCUT2D eigenvalue weighted by atomic mass is 10.2. The zero-order chi connectivity index (χ0) is 21.5. The van der Waals surface area contributed by atoms with E-state index < -0.39 is 5.91 Å². The second-order valence-corrected chi connectivity index (χ2v) is 7.41. The minimum Gasteiger partial charge on any atom is -0.495 e. The third-order valence-corrected chi connectivity index (χ3v) is 5.28. The van der Waals surface area contributed by atoms with E-state index >= 15 is 0 Å². The summed E-state index contributed by atoms with van der Waals surface area (Å²) in [4.78, 5) is 24.1. The Kier molecular flexibility index (Phi) is 7.67. The lowest BCUT2D eigenvalue weighted by Gasteiger charge is -2.37. The molecule has 1 aliphatic rings. The second-order valence-electron chi connectivity index (χ2n) is 6.97. The van der Waals surface area contributed by atoms with Crippen molar-refractivity contribution in [1.29, 1.82) is 0 Å². The van der Waals surface area contributed by atoms with E-state index in [0.29, 0.717) is 17.5 Å². The fourth-order valence-corrected chi connectivity index (χ4v) is 3.54. The average Bonchev–Trinajstić information content (AvgIpc) is 2.77. The smallest absolute Gasteiger partial charge is 0.267 e. The van der Waals surface area contributed by atoms with Crippen LogP contribution in [0.25, 0.3) is 0 Å². The molecule has 0 spiro atoms. The quantitative estimate of drug-likeness (QED) is 0.611. The number of benzene rings is 1. The van der Waals surface area contributed by atoms with E-state index in [1.807, 2.05) is 18.2 Å². The Hall–Kier alpha value is -2.62. The van der Waals surface area contributed by atoms with Crippen LogP contribution in [0, 0.1) is 0 Å². The summed E-state index contributed by atoms with van der Waals surface area (Å²) >= 11 is 6.17. The van der Waals surface area contributed by atoms with Gasteiger partial charge < -0.3 is 25.4 Å². The normalized spacial score (nSPS) is 15.6. The van der Waals surface area contributed by atoms with Gasteiger partial charge in [-0.1, -0.05) is 11.6 Å². The van der Waals surface area contributed by atoms with Gasteiger partial charge >= 0.3 is 0 Å². The molecule has 1 fully saturated rings. The van der Waals surface area contributed by atoms with E-state index in [2.05, 4.69) is 25.1 Å². The molecule has 0 radical (unpaired) electrons. The Morgan fingerprint density at radius 2 is 2.03 bits per heavy atom. The number of piperazine rings is 1. The summed E-state index contributed by atoms with van der Waals surface area (Å²) in [6, 6.07) is 7.15. The molecule has 3 N–H and O–H groups in total. The van der Waals surface area contributed by atoms with Gasteiger partial charge in [-0.15, -0.1) is 0 Å². The number of nitrogens with one attached hydrogen (secondary N) is 1. The molecule has 1 atom stereocenters. The van der Waals surface area contributed by atoms with Crippen molar-refractivity contribution in [2.24, 2.45) is 5.73 Å². The number of nitrogens with two attached hydrogens (primary N) is 1. The van der Waals surface area contributed by atoms with Crippen LogP contribution in [0.1, 0.15) is 10.5 Å². The first-order valence-corrected chi connectivity index (χ1v) is 10.1. The molecule has 2 heterocycles. The number of hydrogen-bond donors (Lipinski definition) is 2. The van der Waals surface area contributed by atoms with Crippen LogP contribution in [-0.4, -0.2) is 80.4 Å². The van der Waals surface area contributed by atoms with Crippen LogP contribution in [0.5, 0.6) is 5.75 Å². The zero-order valence-electron chi connectivity index (χ0n) is 17.2. The Labute approximate surface area is 181 Å². The van der Waals surface area contributed by atoms with Gasteiger partial charge in [-0.2, -0.15) is 0 Å². The fraction of sp³-hybridized carbons (Fsp3) is 0.450. The Morgan fingerprint density at radius 3 is 2.70 bits per heavy atom. The van der Waals surface area contributed by atoms with Gasteiger partial charge in [-0.25, -0.2) is 9.97 Å². The lowest BCUT2D eigenvalue weighted by molar-refractivity contribution is 0.0706. The van der Waals surface area contributed by atoms with Crippen molar-refractivity contribution < 1.29 is 14.3 Å². The van der Waals surface area contributed by atoms with Crippen molar-refractivity contribution in [2.75, 3.05) is 63.7 Å². The summed E-state index contributed by atoms with van der Waals surface area (Å²) < 4.78 is 11.1. The van der Waals surface area contributed by atoms with Gasteiger partial charge in [0.15, 0.2) is 0 Å². The van der Waals surface area contributed by atoms with Crippen molar-refractivity contribution in [3.63, 3.8) is 0 Å². The van der Waals surface area contributed by atoms with Crippen molar-refractivity contribution >= 4 is 29.1 Å². The summed E-state index contributed by atoms with van der Waals surface area (Å²) in [5, 5.41) is 3.81. The fourth-order valence-electron chi connectivity index (χ4n) is 3.38. The molecule has 1 aromatic carbocycles. The first-order chi connectivity index (χ1) is 14.5. The standard InChI is InChI=1S/C20H27ClN6O3/c1-29-15(12-24-20-23-6-5-16(25-20)19(22)28)13-26-7-9-27(10-8-26)17-11-14(21)3-4-18(17)30-2/h3-6,11,15H,7-10,12-13H2,1-2H3,(H2,22,28)(H,23,24,25). The zero-order valence-corrected chi connectivity index (χ0v) is 17.9. The molecule has 3 rings (SSSR count). The summed E-state index contributed by atoms with van der Waals surface area (Å²) in [6.45, 7) is 4.79. The molecule has 1 aliphatic heterocycles. The Balaban J connectivity index is 1.51. The molecular formula is C20H27ClN6O3. The number of methoxy groups -OCH3 is 2. The highest BCUT2D eigenvalue weighted by Gasteiger charge is 2.22. The summed E-state index contributed by atoms with van der Waals surface area (Å²) in [5.41, 5.74) is 6.45. The van der Waals surface area contributed by atoms with Crippen LogP contribution in [0.2, 0.25) is 5.02 Å². The number of halogens is 1. The first-order valence-electron chi connectivity index (χ1n) is 9.70. The van der Waals surface area contributed by atoms with Gasteiger partial charge in [0.2, 0.25) is 5.95 Å². The molecule has 1 amide bonds. The summed E-state index contributed by atoms with van der Waals surface area (Å²) in [5.74, 6) is 0.592. The number of hydrogen-bond acceptors (Lipinski definition) is 8. The number of ether oxygens (including phenoxy) is 2. The molecule has 1 saturated heterocycles. The van der Waals surface area contributed by atoms with Crippen molar-refractivity contribution in [3.8, 4) is 5.75 Å². The number of carbonyl (C=O) groups excluding carboxylic acids is 1. The van der Waals surface area contributed by atoms with Gasteiger partial charge in [0.25, 0.3) is 5.91 Å². The van der Waals surface area contributed by atoms with Gasteiger partial charge in [0.1, 0.15) is 11.4 Å². The van der Waals surface area contributed by atoms with E-state index in [9.17, 15) is 4.79 Å². The maximum Gasteiger partial charge on any atom is 0.267 e. The number of anilines is 2. The van der Waals surface area contributed by atoms with Gasteiger partial charge in [0.05, 0.1) is 18.9 Å². The van der Waals surface area contributed by atoms with Crippen LogP contribution < -0.4 is 20.7 Å². The molecule has 1 aromatic heterocycles. The number of nitrogens with zero attached hydrogens (tertiary/aromatic N) is 4. The molecule has 0 saturated carbocycles. The maximum absolute atomic E-state index is 11.3. The van der Waals surface area contributed by atoms with E-state index in [1.54, 1.807) is 14.2 Å². The SMILES string of the molecule is COc1ccc(Cl)cc1N1CCN(CC(CNc2nccc(C(N)=O)n2)OC)CC1. The highest BCUT2D eigenvalue weighted by Crippen LogP contribution is 2.31. The Bertz CT molecular complexity index is 860. The van der Waals surface area contributed by atoms with E-state index in [-0.39, 0.29) is 11.8 Å². The highest BCUT2D eigenvalue weighted by molar-refractivity contribution is 6.30. The minimum atomic E-state index is -0.585. The molecular weight excluding hydrogens is 408 g/mol. The second kappa shape index (κ2) is 10.4. The Morgan fingerprint density at radius 1 is 1.27 bits per heavy atom. The molecule has 9 nitrogen and oxygen atoms in total. The van der Waals surface area contributed by atoms with Crippen LogP contribution in [0.3, 0.4) is 0 Å². The predicted molar refractivity (Wildman–Crippen MR) is 116 cm³/mol. The maximum atomic E-state index is 11.3. The van der Waals surface area contributed by atoms with Crippen molar-refractivity contribution in [2.45, 2.75) is 6.10 Å². The number of carbonyl (C=O) groups is 1. The lowest BCUT2D eigenvalue weighted by Crippen LogP contribution is -2.49. The van der Waals surface area contributed by atoms with Crippen molar-refractivity contribution in [1.82, 2.24) is 14.9 Å². The first kappa shape index (κ1) is 22.1. The summed E-state index contributed by atoms with van der Waals surface area (Å²) in [6.07, 6.45) is 1.44. The van der Waals surface area contributed by atoms with E-state index in [0.717, 1.165) is 44.2 Å². The van der Waals surface area contributed by atoms with Crippen LogP contribution in [-0.2, 0) is 4.74 Å². The monoisotopic (exact) mass is 434 g/mol. The van der Waals surface area contributed by atoms with Crippen molar-refractivity contribution in [3.05, 3.63) is 41.2 Å². The van der Waals surface area contributed by atoms with E-state index in [4.69, 9.17) is 26.8 Å². The van der Waals surface area contributed by atoms with E-state index in [1.165, 1.54) is 12.3 Å². The minimum absolute atomic E-state index is 0.0573. The van der Waals surface area contributed by atoms with Gasteiger partial charge in [-0.05, 0) is 24.3 Å². The molecule has 1 unspecified atom stereocenters. The average molecular weight is 435 g/mol. The molecule has 0 aliphatic carbocycles. The number of amides is 1. The van der Waals surface area contributed by atoms with Gasteiger partial charge in [-0.3, -0.25) is 9.69 Å². The molecule has 0 bridgehead atoms. The topological polar surface area (TPSA) is 106 Å². The van der Waals surface area contributed by atoms with Crippen LogP contribution in [0.15, 0.2) is 30.5 Å². The molecule has 10 heteroatoms. The predicted octanol–water partition coefficient (Wildman–Crippen LogP) is 1.49. The molecule has 30 heavy (non-hydrogen) atoms. The number of primary amides is 1. The third kappa shape index (κ3) is 5.71. The van der Waals surface area contributed by atoms with Gasteiger partial charge in [0, 0.05) is 57.6 Å². The molecule has 162 valence electrons.